The molecule has 0 N–H and O–H groups in total. The number of carbonyl (C=O) groups is 2. The van der Waals surface area contributed by atoms with Gasteiger partial charge < -0.3 is 23.7 Å². The Balaban J connectivity index is 1.65. The van der Waals surface area contributed by atoms with Gasteiger partial charge in [-0.3, -0.25) is 4.79 Å². The number of esters is 1. The van der Waals surface area contributed by atoms with Crippen LogP contribution in [0.5, 0.6) is 5.75 Å². The van der Waals surface area contributed by atoms with Gasteiger partial charge in [-0.15, -0.1) is 0 Å². The average molecular weight is 522 g/mol. The lowest BCUT2D eigenvalue weighted by Crippen LogP contribution is -2.43. The number of fused-ring (bicyclic) bond motifs is 1. The number of nitrogens with zero attached hydrogens (tertiary/aromatic N) is 3. The van der Waals surface area contributed by atoms with Crippen molar-refractivity contribution >= 4 is 18.0 Å². The summed E-state index contributed by atoms with van der Waals surface area (Å²) in [5.74, 6) is 1.29. The molecule has 0 spiro atoms. The normalized spacial score (nSPS) is 15.6. The molecular formula is C30H39N3O5. The van der Waals surface area contributed by atoms with Crippen LogP contribution >= 0.6 is 0 Å². The maximum Gasteiger partial charge on any atom is 0.333 e. The van der Waals surface area contributed by atoms with Crippen LogP contribution in [0.1, 0.15) is 54.3 Å². The van der Waals surface area contributed by atoms with Crippen molar-refractivity contribution in [2.75, 3.05) is 40.9 Å². The fourth-order valence-corrected chi connectivity index (χ4v) is 4.36. The number of aryl methyl sites for hydroxylation is 1. The number of rotatable bonds is 12. The van der Waals surface area contributed by atoms with Crippen molar-refractivity contribution < 1.29 is 23.5 Å². The number of methoxy groups -OCH3 is 1. The van der Waals surface area contributed by atoms with Crippen LogP contribution in [0.3, 0.4) is 0 Å². The molecule has 0 bridgehead atoms. The lowest BCUT2D eigenvalue weighted by Gasteiger charge is -2.35. The number of allylic oxidation sites excluding steroid dienone is 4. The van der Waals surface area contributed by atoms with Crippen LogP contribution in [0.2, 0.25) is 0 Å². The molecule has 8 heteroatoms. The van der Waals surface area contributed by atoms with Gasteiger partial charge in [0, 0.05) is 19.0 Å². The second kappa shape index (κ2) is 14.3. The first-order valence-corrected chi connectivity index (χ1v) is 13.0. The molecule has 2 aromatic rings. The molecular weight excluding hydrogens is 482 g/mol. The van der Waals surface area contributed by atoms with Crippen LogP contribution in [0.4, 0.5) is 0 Å². The third-order valence-electron chi connectivity index (χ3n) is 6.35. The molecule has 1 aliphatic heterocycles. The third kappa shape index (κ3) is 7.92. The second-order valence-corrected chi connectivity index (χ2v) is 9.45. The van der Waals surface area contributed by atoms with Crippen LogP contribution in [0, 0.1) is 6.92 Å². The maximum atomic E-state index is 12.8. The Morgan fingerprint density at radius 1 is 1.26 bits per heavy atom. The zero-order valence-corrected chi connectivity index (χ0v) is 23.1. The summed E-state index contributed by atoms with van der Waals surface area (Å²) in [5.41, 5.74) is 2.59. The summed E-state index contributed by atoms with van der Waals surface area (Å²) in [6, 6.07) is 4.87. The number of benzene rings is 1. The SMILES string of the molecule is CC=CC=CC(=O)N1CCc2ccc(OCCc3nc(/C=C/CCCN(C)C)oc3C)cc2C1C(=O)OC. The summed E-state index contributed by atoms with van der Waals surface area (Å²) < 4.78 is 16.9. The molecule has 8 nitrogen and oxygen atoms in total. The summed E-state index contributed by atoms with van der Waals surface area (Å²) in [5, 5.41) is 0. The topological polar surface area (TPSA) is 85.1 Å². The van der Waals surface area contributed by atoms with E-state index in [0.29, 0.717) is 37.6 Å². The van der Waals surface area contributed by atoms with Gasteiger partial charge in [0.25, 0.3) is 0 Å². The second-order valence-electron chi connectivity index (χ2n) is 9.45. The first kappa shape index (κ1) is 28.9. The maximum absolute atomic E-state index is 12.8. The minimum Gasteiger partial charge on any atom is -0.493 e. The number of amides is 1. The van der Waals surface area contributed by atoms with E-state index in [1.54, 1.807) is 17.1 Å². The molecule has 1 aliphatic rings. The van der Waals surface area contributed by atoms with E-state index in [9.17, 15) is 9.59 Å². The molecule has 1 amide bonds. The summed E-state index contributed by atoms with van der Waals surface area (Å²) in [4.78, 5) is 33.9. The monoisotopic (exact) mass is 521 g/mol. The molecule has 0 radical (unpaired) electrons. The number of unbranched alkanes of at least 4 members (excludes halogenated alkanes) is 1. The van der Waals surface area contributed by atoms with Crippen molar-refractivity contribution in [2.24, 2.45) is 0 Å². The van der Waals surface area contributed by atoms with Gasteiger partial charge in [-0.25, -0.2) is 9.78 Å². The van der Waals surface area contributed by atoms with E-state index in [4.69, 9.17) is 13.9 Å². The Morgan fingerprint density at radius 2 is 2.08 bits per heavy atom. The number of oxazole rings is 1. The highest BCUT2D eigenvalue weighted by atomic mass is 16.5. The van der Waals surface area contributed by atoms with Gasteiger partial charge in [0.2, 0.25) is 11.8 Å². The molecule has 1 aromatic heterocycles. The average Bonchev–Trinajstić information content (AvgIpc) is 3.26. The molecule has 1 aromatic carbocycles. The predicted molar refractivity (Wildman–Crippen MR) is 148 cm³/mol. The molecule has 0 fully saturated rings. The van der Waals surface area contributed by atoms with Crippen LogP contribution in [-0.4, -0.2) is 67.6 Å². The molecule has 38 heavy (non-hydrogen) atoms. The first-order chi connectivity index (χ1) is 18.3. The minimum atomic E-state index is -0.820. The Kier molecular flexibility index (Phi) is 10.9. The van der Waals surface area contributed by atoms with Crippen LogP contribution in [0.25, 0.3) is 6.08 Å². The Morgan fingerprint density at radius 3 is 2.82 bits per heavy atom. The largest absolute Gasteiger partial charge is 0.493 e. The minimum absolute atomic E-state index is 0.237. The Bertz CT molecular complexity index is 1180. The summed E-state index contributed by atoms with van der Waals surface area (Å²) in [6.07, 6.45) is 14.0. The van der Waals surface area contributed by atoms with Crippen LogP contribution < -0.4 is 4.74 Å². The highest BCUT2D eigenvalue weighted by molar-refractivity contribution is 5.92. The fraction of sp³-hybridized carbons (Fsp3) is 0.433. The number of ether oxygens (including phenoxy) is 2. The Labute approximate surface area is 225 Å². The number of aromatic nitrogens is 1. The van der Waals surface area contributed by atoms with E-state index in [-0.39, 0.29) is 5.91 Å². The van der Waals surface area contributed by atoms with Gasteiger partial charge in [-0.2, -0.15) is 0 Å². The van der Waals surface area contributed by atoms with Crippen LogP contribution in [0.15, 0.2) is 53.0 Å². The number of carbonyl (C=O) groups excluding carboxylic acids is 2. The van der Waals surface area contributed by atoms with Gasteiger partial charge in [-0.1, -0.05) is 30.4 Å². The van der Waals surface area contributed by atoms with Crippen molar-refractivity contribution in [3.63, 3.8) is 0 Å². The Hall–Kier alpha value is -3.65. The molecule has 1 atom stereocenters. The summed E-state index contributed by atoms with van der Waals surface area (Å²) in [7, 11) is 5.47. The van der Waals surface area contributed by atoms with Gasteiger partial charge in [0.05, 0.1) is 19.4 Å². The van der Waals surface area contributed by atoms with Crippen molar-refractivity contribution in [1.82, 2.24) is 14.8 Å². The third-order valence-corrected chi connectivity index (χ3v) is 6.35. The molecule has 0 aliphatic carbocycles. The summed E-state index contributed by atoms with van der Waals surface area (Å²) >= 11 is 0. The summed E-state index contributed by atoms with van der Waals surface area (Å²) in [6.45, 7) is 5.66. The smallest absolute Gasteiger partial charge is 0.333 e. The molecule has 204 valence electrons. The number of hydrogen-bond donors (Lipinski definition) is 0. The lowest BCUT2D eigenvalue weighted by molar-refractivity contribution is -0.152. The predicted octanol–water partition coefficient (Wildman–Crippen LogP) is 4.69. The van der Waals surface area contributed by atoms with Gasteiger partial charge >= 0.3 is 5.97 Å². The van der Waals surface area contributed by atoms with Crippen molar-refractivity contribution in [3.8, 4) is 5.75 Å². The van der Waals surface area contributed by atoms with E-state index >= 15 is 0 Å². The quantitative estimate of drug-likeness (QED) is 0.173. The standard InChI is InChI=1S/C30H39N3O5/c1-6-7-9-13-28(34)33-19-16-23-14-15-24(21-25(23)29(33)30(35)36-5)37-20-17-26-22(2)38-27(31-26)12-10-8-11-18-32(3)4/h6-7,9-10,12-15,21,29H,8,11,16-20H2,1-5H3/b7-6?,12-10+,13-9?. The highest BCUT2D eigenvalue weighted by Gasteiger charge is 2.36. The van der Waals surface area contributed by atoms with E-state index in [0.717, 1.165) is 42.0 Å². The van der Waals surface area contributed by atoms with Crippen LogP contribution in [-0.2, 0) is 27.2 Å². The molecule has 0 saturated carbocycles. The zero-order chi connectivity index (χ0) is 27.5. The molecule has 2 heterocycles. The highest BCUT2D eigenvalue weighted by Crippen LogP contribution is 2.34. The number of hydrogen-bond acceptors (Lipinski definition) is 7. The van der Waals surface area contributed by atoms with Crippen molar-refractivity contribution in [2.45, 2.75) is 45.6 Å². The van der Waals surface area contributed by atoms with Crippen molar-refractivity contribution in [1.29, 1.82) is 0 Å². The van der Waals surface area contributed by atoms with E-state index in [1.807, 2.05) is 44.2 Å². The molecule has 1 unspecified atom stereocenters. The fourth-order valence-electron chi connectivity index (χ4n) is 4.36. The van der Waals surface area contributed by atoms with E-state index < -0.39 is 12.0 Å². The van der Waals surface area contributed by atoms with Gasteiger partial charge in [-0.05, 0) is 83.1 Å². The van der Waals surface area contributed by atoms with Gasteiger partial charge in [0.1, 0.15) is 11.5 Å². The van der Waals surface area contributed by atoms with Crippen molar-refractivity contribution in [3.05, 3.63) is 77.1 Å². The molecule has 0 saturated heterocycles. The lowest BCUT2D eigenvalue weighted by atomic mass is 9.92. The van der Waals surface area contributed by atoms with E-state index in [2.05, 4.69) is 30.1 Å². The van der Waals surface area contributed by atoms with Gasteiger partial charge in [0.15, 0.2) is 6.04 Å². The molecule has 3 rings (SSSR count). The zero-order valence-electron chi connectivity index (χ0n) is 23.1. The van der Waals surface area contributed by atoms with E-state index in [1.165, 1.54) is 13.2 Å². The first-order valence-electron chi connectivity index (χ1n) is 13.0.